The summed E-state index contributed by atoms with van der Waals surface area (Å²) in [5, 5.41) is 29.6. The number of hydrogen-bond acceptors (Lipinski definition) is 7. The van der Waals surface area contributed by atoms with Gasteiger partial charge in [-0.15, -0.1) is 0 Å². The van der Waals surface area contributed by atoms with Gasteiger partial charge in [-0.05, 0) is 13.8 Å². The Morgan fingerprint density at radius 3 is 2.65 bits per heavy atom. The van der Waals surface area contributed by atoms with E-state index in [9.17, 15) is 15.3 Å². The molecule has 0 amide bonds. The van der Waals surface area contributed by atoms with E-state index < -0.39 is 30.6 Å². The number of aliphatic hydroxyl groups is 3. The topological polar surface area (TPSA) is 114 Å². The number of aliphatic hydroxyl groups excluding tert-OH is 3. The van der Waals surface area contributed by atoms with Crippen LogP contribution in [0.4, 0.5) is 0 Å². The van der Waals surface area contributed by atoms with Gasteiger partial charge in [-0.25, -0.2) is 15.0 Å². The zero-order valence-electron chi connectivity index (χ0n) is 11.1. The molecule has 1 fully saturated rings. The molecule has 0 radical (unpaired) electrons. The van der Waals surface area contributed by atoms with E-state index >= 15 is 0 Å². The molecule has 0 aliphatic carbocycles. The van der Waals surface area contributed by atoms with Gasteiger partial charge in [0.05, 0.1) is 18.1 Å². The predicted molar refractivity (Wildman–Crippen MR) is 67.7 cm³/mol. The molecule has 1 saturated heterocycles. The molecule has 0 bridgehead atoms. The number of imidazole rings is 1. The van der Waals surface area contributed by atoms with Crippen molar-refractivity contribution in [3.8, 4) is 0 Å². The summed E-state index contributed by atoms with van der Waals surface area (Å²) in [6, 6.07) is 0. The molecule has 2 aromatic heterocycles. The minimum atomic E-state index is -1.17. The van der Waals surface area contributed by atoms with Crippen LogP contribution in [0.3, 0.4) is 0 Å². The summed E-state index contributed by atoms with van der Waals surface area (Å²) in [5.41, 5.74) is 1.84. The average Bonchev–Trinajstić information content (AvgIpc) is 2.94. The summed E-state index contributed by atoms with van der Waals surface area (Å²) in [6.07, 6.45) is -2.03. The highest BCUT2D eigenvalue weighted by Gasteiger charge is 2.46. The first-order valence-corrected chi connectivity index (χ1v) is 6.34. The molecule has 0 saturated carbocycles. The fourth-order valence-electron chi connectivity index (χ4n) is 2.47. The van der Waals surface area contributed by atoms with Crippen LogP contribution in [0, 0.1) is 6.92 Å². The standard InChI is InChI=1S/C12H16N4O4/c1-5-7-11(14-3-13-5)16(4-15-7)12-9(19)8(18)10(20-12)6(2)17/h3-4,6,8-10,12,17-19H,1-2H3/t6-,8-,9+,10+,12+/m0/s1. The van der Waals surface area contributed by atoms with Crippen molar-refractivity contribution >= 4 is 11.2 Å². The zero-order chi connectivity index (χ0) is 14.4. The molecule has 2 aromatic rings. The fourth-order valence-corrected chi connectivity index (χ4v) is 2.47. The lowest BCUT2D eigenvalue weighted by Crippen LogP contribution is -2.37. The van der Waals surface area contributed by atoms with Crippen LogP contribution in [-0.2, 0) is 4.74 Å². The van der Waals surface area contributed by atoms with E-state index in [-0.39, 0.29) is 0 Å². The Morgan fingerprint density at radius 1 is 1.25 bits per heavy atom. The molecule has 0 unspecified atom stereocenters. The average molecular weight is 280 g/mol. The van der Waals surface area contributed by atoms with Crippen molar-refractivity contribution < 1.29 is 20.1 Å². The molecule has 8 heteroatoms. The molecule has 8 nitrogen and oxygen atoms in total. The van der Waals surface area contributed by atoms with E-state index in [1.807, 2.05) is 0 Å². The van der Waals surface area contributed by atoms with Gasteiger partial charge in [-0.1, -0.05) is 0 Å². The first-order chi connectivity index (χ1) is 9.50. The number of ether oxygens (including phenoxy) is 1. The van der Waals surface area contributed by atoms with Gasteiger partial charge in [-0.3, -0.25) is 4.57 Å². The van der Waals surface area contributed by atoms with Crippen molar-refractivity contribution in [1.82, 2.24) is 19.5 Å². The van der Waals surface area contributed by atoms with Crippen LogP contribution in [0.25, 0.3) is 11.2 Å². The third-order valence-corrected chi connectivity index (χ3v) is 3.57. The SMILES string of the molecule is Cc1ncnc2c1ncn2[C@@H]1O[C@H]([C@H](C)O)[C@@H](O)[C@H]1O. The van der Waals surface area contributed by atoms with Gasteiger partial charge in [0.25, 0.3) is 0 Å². The normalized spacial score (nSPS) is 31.9. The van der Waals surface area contributed by atoms with Crippen LogP contribution in [0.5, 0.6) is 0 Å². The second-order valence-electron chi connectivity index (χ2n) is 5.00. The zero-order valence-corrected chi connectivity index (χ0v) is 11.1. The Morgan fingerprint density at radius 2 is 2.00 bits per heavy atom. The third kappa shape index (κ3) is 1.88. The molecule has 1 aliphatic heterocycles. The summed E-state index contributed by atoms with van der Waals surface area (Å²) in [4.78, 5) is 12.4. The number of nitrogens with zero attached hydrogens (tertiary/aromatic N) is 4. The first kappa shape index (κ1) is 13.4. The molecule has 3 N–H and O–H groups in total. The highest BCUT2D eigenvalue weighted by atomic mass is 16.6. The molecule has 5 atom stereocenters. The van der Waals surface area contributed by atoms with E-state index in [0.717, 1.165) is 0 Å². The van der Waals surface area contributed by atoms with E-state index in [2.05, 4.69) is 15.0 Å². The minimum Gasteiger partial charge on any atom is -0.391 e. The largest absolute Gasteiger partial charge is 0.391 e. The maximum absolute atomic E-state index is 10.1. The van der Waals surface area contributed by atoms with Crippen LogP contribution in [0.2, 0.25) is 0 Å². The Hall–Kier alpha value is -1.61. The second kappa shape index (κ2) is 4.74. The Labute approximate surface area is 114 Å². The van der Waals surface area contributed by atoms with Gasteiger partial charge >= 0.3 is 0 Å². The summed E-state index contributed by atoms with van der Waals surface area (Å²) in [6.45, 7) is 3.31. The molecule has 108 valence electrons. The molecule has 0 spiro atoms. The van der Waals surface area contributed by atoms with Crippen molar-refractivity contribution in [3.05, 3.63) is 18.3 Å². The van der Waals surface area contributed by atoms with Crippen LogP contribution in [0.1, 0.15) is 18.8 Å². The van der Waals surface area contributed by atoms with Gasteiger partial charge in [0.1, 0.15) is 30.2 Å². The molecule has 1 aliphatic rings. The van der Waals surface area contributed by atoms with Crippen molar-refractivity contribution in [2.75, 3.05) is 0 Å². The number of aryl methyl sites for hydroxylation is 1. The third-order valence-electron chi connectivity index (χ3n) is 3.57. The van der Waals surface area contributed by atoms with Crippen molar-refractivity contribution in [2.45, 2.75) is 44.5 Å². The Kier molecular flexibility index (Phi) is 3.17. The number of hydrogen-bond donors (Lipinski definition) is 3. The molecule has 20 heavy (non-hydrogen) atoms. The Balaban J connectivity index is 2.02. The molecule has 3 heterocycles. The number of fused-ring (bicyclic) bond motifs is 1. The maximum Gasteiger partial charge on any atom is 0.165 e. The van der Waals surface area contributed by atoms with Gasteiger partial charge in [0, 0.05) is 0 Å². The lowest BCUT2D eigenvalue weighted by Gasteiger charge is -2.17. The van der Waals surface area contributed by atoms with Gasteiger partial charge in [0.15, 0.2) is 11.9 Å². The number of rotatable bonds is 2. The summed E-state index contributed by atoms with van der Waals surface area (Å²) in [5.74, 6) is 0. The summed E-state index contributed by atoms with van der Waals surface area (Å²) < 4.78 is 7.09. The molecular formula is C12H16N4O4. The molecule has 3 rings (SSSR count). The lowest BCUT2D eigenvalue weighted by atomic mass is 10.1. The van der Waals surface area contributed by atoms with Crippen molar-refractivity contribution in [3.63, 3.8) is 0 Å². The van der Waals surface area contributed by atoms with Crippen LogP contribution < -0.4 is 0 Å². The lowest BCUT2D eigenvalue weighted by molar-refractivity contribution is -0.0777. The van der Waals surface area contributed by atoms with Gasteiger partial charge in [0.2, 0.25) is 0 Å². The van der Waals surface area contributed by atoms with E-state index in [4.69, 9.17) is 4.74 Å². The summed E-state index contributed by atoms with van der Waals surface area (Å²) in [7, 11) is 0. The van der Waals surface area contributed by atoms with Crippen molar-refractivity contribution in [1.29, 1.82) is 0 Å². The van der Waals surface area contributed by atoms with Gasteiger partial charge < -0.3 is 20.1 Å². The van der Waals surface area contributed by atoms with E-state index in [1.54, 1.807) is 11.5 Å². The monoisotopic (exact) mass is 280 g/mol. The highest BCUT2D eigenvalue weighted by Crippen LogP contribution is 2.32. The fraction of sp³-hybridized carbons (Fsp3) is 0.583. The highest BCUT2D eigenvalue weighted by molar-refractivity contribution is 5.72. The van der Waals surface area contributed by atoms with E-state index in [1.165, 1.54) is 19.6 Å². The smallest absolute Gasteiger partial charge is 0.165 e. The van der Waals surface area contributed by atoms with Gasteiger partial charge in [-0.2, -0.15) is 0 Å². The quantitative estimate of drug-likeness (QED) is 0.655. The minimum absolute atomic E-state index is 0.514. The second-order valence-corrected chi connectivity index (χ2v) is 5.00. The van der Waals surface area contributed by atoms with Crippen LogP contribution in [-0.4, -0.2) is 59.3 Å². The predicted octanol–water partition coefficient (Wildman–Crippen LogP) is -0.865. The van der Waals surface area contributed by atoms with Crippen LogP contribution >= 0.6 is 0 Å². The number of aromatic nitrogens is 4. The van der Waals surface area contributed by atoms with Crippen LogP contribution in [0.15, 0.2) is 12.7 Å². The molecular weight excluding hydrogens is 264 g/mol. The van der Waals surface area contributed by atoms with Crippen molar-refractivity contribution in [2.24, 2.45) is 0 Å². The molecule has 0 aromatic carbocycles. The summed E-state index contributed by atoms with van der Waals surface area (Å²) >= 11 is 0. The Bertz CT molecular complexity index is 629. The first-order valence-electron chi connectivity index (χ1n) is 6.34. The maximum atomic E-state index is 10.1. The van der Waals surface area contributed by atoms with E-state index in [0.29, 0.717) is 16.9 Å².